The van der Waals surface area contributed by atoms with E-state index in [0.29, 0.717) is 22.8 Å². The molecule has 0 radical (unpaired) electrons. The number of nitrogens with two attached hydrogens (primary N) is 1. The number of amidine groups is 1. The van der Waals surface area contributed by atoms with Crippen LogP contribution in [0.3, 0.4) is 0 Å². The second kappa shape index (κ2) is 6.94. The van der Waals surface area contributed by atoms with Crippen LogP contribution in [0.2, 0.25) is 0 Å². The van der Waals surface area contributed by atoms with Crippen molar-refractivity contribution in [2.75, 3.05) is 5.32 Å². The Morgan fingerprint density at radius 1 is 0.923 bits per heavy atom. The van der Waals surface area contributed by atoms with Gasteiger partial charge in [0.15, 0.2) is 5.82 Å². The number of hydrogen-bond acceptors (Lipinski definition) is 6. The van der Waals surface area contributed by atoms with E-state index in [1.807, 2.05) is 0 Å². The maximum Gasteiger partial charge on any atom is 0.160 e. The molecule has 0 spiro atoms. The van der Waals surface area contributed by atoms with Gasteiger partial charge in [0.25, 0.3) is 0 Å². The number of rotatable bonds is 5. The molecule has 0 saturated carbocycles. The van der Waals surface area contributed by atoms with Gasteiger partial charge >= 0.3 is 0 Å². The first-order valence-corrected chi connectivity index (χ1v) is 7.72. The molecule has 0 fully saturated rings. The zero-order chi connectivity index (χ0) is 18.7. The highest BCUT2D eigenvalue weighted by Gasteiger charge is 2.18. The predicted molar refractivity (Wildman–Crippen MR) is 101 cm³/mol. The van der Waals surface area contributed by atoms with Gasteiger partial charge in [0.1, 0.15) is 23.0 Å². The maximum atomic E-state index is 9.54. The monoisotopic (exact) mass is 347 g/mol. The van der Waals surface area contributed by atoms with Crippen LogP contribution in [0.25, 0.3) is 22.5 Å². The number of aromatic hydroxyl groups is 2. The second-order valence-electron chi connectivity index (χ2n) is 5.47. The lowest BCUT2D eigenvalue weighted by Gasteiger charge is -2.14. The minimum absolute atomic E-state index is 0.129. The number of benzene rings is 2. The number of hydrogen-bond donors (Lipinski definition) is 5. The number of nitrogen functional groups attached to an aromatic ring is 1. The van der Waals surface area contributed by atoms with Gasteiger partial charge in [-0.3, -0.25) is 5.41 Å². The third-order valence-corrected chi connectivity index (χ3v) is 3.67. The van der Waals surface area contributed by atoms with E-state index in [-0.39, 0.29) is 23.0 Å². The van der Waals surface area contributed by atoms with Crippen LogP contribution in [0.15, 0.2) is 61.3 Å². The molecule has 0 aliphatic rings. The lowest BCUT2D eigenvalue weighted by atomic mass is 10.0. The van der Waals surface area contributed by atoms with E-state index in [1.165, 1.54) is 6.20 Å². The highest BCUT2D eigenvalue weighted by atomic mass is 16.3. The minimum atomic E-state index is -0.237. The Balaban J connectivity index is 2.29. The molecule has 3 aromatic rings. The molecule has 7 heteroatoms. The molecule has 0 saturated heterocycles. The molecule has 7 nitrogen and oxygen atoms in total. The van der Waals surface area contributed by atoms with Gasteiger partial charge in [-0.15, -0.1) is 0 Å². The van der Waals surface area contributed by atoms with E-state index in [2.05, 4.69) is 21.9 Å². The summed E-state index contributed by atoms with van der Waals surface area (Å²) in [6, 6.07) is 13.0. The summed E-state index contributed by atoms with van der Waals surface area (Å²) < 4.78 is 0. The summed E-state index contributed by atoms with van der Waals surface area (Å²) in [5.41, 5.74) is 8.30. The van der Waals surface area contributed by atoms with Crippen LogP contribution in [0.1, 0.15) is 5.69 Å². The Morgan fingerprint density at radius 2 is 1.38 bits per heavy atom. The van der Waals surface area contributed by atoms with E-state index >= 15 is 0 Å². The van der Waals surface area contributed by atoms with E-state index in [1.54, 1.807) is 48.5 Å². The minimum Gasteiger partial charge on any atom is -0.508 e. The lowest BCUT2D eigenvalue weighted by Crippen LogP contribution is -2.17. The molecule has 1 heterocycles. The summed E-state index contributed by atoms with van der Waals surface area (Å²) in [6.45, 7) is 3.61. The summed E-state index contributed by atoms with van der Waals surface area (Å²) in [6.07, 6.45) is 1.43. The molecule has 0 atom stereocenters. The summed E-state index contributed by atoms with van der Waals surface area (Å²) in [4.78, 5) is 9.10. The van der Waals surface area contributed by atoms with E-state index in [4.69, 9.17) is 11.1 Å². The van der Waals surface area contributed by atoms with Crippen molar-refractivity contribution in [2.45, 2.75) is 0 Å². The van der Waals surface area contributed by atoms with Crippen molar-refractivity contribution in [3.05, 3.63) is 67.0 Å². The van der Waals surface area contributed by atoms with E-state index in [0.717, 1.165) is 5.56 Å². The standard InChI is InChI=1S/C19H17N5O2/c1-2-22-19-17(18(20)21)23-15(11-3-7-13(25)8-4-11)16(24-19)12-5-9-14(26)10-6-12/h2-10,25-26H,1H2,(H3,20,21)(H,22,24). The van der Waals surface area contributed by atoms with Gasteiger partial charge in [-0.25, -0.2) is 9.97 Å². The molecule has 0 unspecified atom stereocenters. The number of phenols is 2. The van der Waals surface area contributed by atoms with Crippen molar-refractivity contribution in [1.29, 1.82) is 5.41 Å². The highest BCUT2D eigenvalue weighted by molar-refractivity contribution is 5.99. The molecular formula is C19H17N5O2. The first-order chi connectivity index (χ1) is 12.5. The van der Waals surface area contributed by atoms with Crippen LogP contribution in [0.4, 0.5) is 5.82 Å². The molecule has 0 bridgehead atoms. The van der Waals surface area contributed by atoms with Crippen LogP contribution in [0.5, 0.6) is 11.5 Å². The van der Waals surface area contributed by atoms with Crippen molar-refractivity contribution in [2.24, 2.45) is 5.73 Å². The molecule has 0 aliphatic heterocycles. The first-order valence-electron chi connectivity index (χ1n) is 7.72. The highest BCUT2D eigenvalue weighted by Crippen LogP contribution is 2.32. The molecule has 3 rings (SSSR count). The van der Waals surface area contributed by atoms with Gasteiger partial charge in [-0.05, 0) is 54.7 Å². The van der Waals surface area contributed by atoms with E-state index in [9.17, 15) is 10.2 Å². The molecular weight excluding hydrogens is 330 g/mol. The van der Waals surface area contributed by atoms with Gasteiger partial charge in [0.2, 0.25) is 0 Å². The van der Waals surface area contributed by atoms with Crippen LogP contribution in [-0.2, 0) is 0 Å². The zero-order valence-electron chi connectivity index (χ0n) is 13.8. The number of anilines is 1. The SMILES string of the molecule is C=CNc1nc(-c2ccc(O)cc2)c(-c2ccc(O)cc2)nc1C(=N)N. The van der Waals surface area contributed by atoms with Crippen molar-refractivity contribution in [3.63, 3.8) is 0 Å². The summed E-state index contributed by atoms with van der Waals surface area (Å²) >= 11 is 0. The van der Waals surface area contributed by atoms with Gasteiger partial charge in [-0.1, -0.05) is 6.58 Å². The fourth-order valence-corrected chi connectivity index (χ4v) is 2.46. The smallest absolute Gasteiger partial charge is 0.160 e. The molecule has 26 heavy (non-hydrogen) atoms. The Bertz CT molecular complexity index is 966. The summed E-state index contributed by atoms with van der Waals surface area (Å²) in [5.74, 6) is 0.333. The average Bonchev–Trinajstić information content (AvgIpc) is 2.63. The van der Waals surface area contributed by atoms with Crippen LogP contribution < -0.4 is 11.1 Å². The van der Waals surface area contributed by atoms with Gasteiger partial charge in [0, 0.05) is 11.1 Å². The Kier molecular flexibility index (Phi) is 4.53. The molecule has 1 aromatic heterocycles. The molecule has 6 N–H and O–H groups in total. The van der Waals surface area contributed by atoms with Gasteiger partial charge in [0.05, 0.1) is 11.4 Å². The third kappa shape index (κ3) is 3.32. The van der Waals surface area contributed by atoms with Gasteiger partial charge < -0.3 is 21.3 Å². The molecule has 0 aliphatic carbocycles. The molecule has 130 valence electrons. The third-order valence-electron chi connectivity index (χ3n) is 3.67. The van der Waals surface area contributed by atoms with Gasteiger partial charge in [-0.2, -0.15) is 0 Å². The number of phenolic OH excluding ortho intramolecular Hbond substituents is 2. The van der Waals surface area contributed by atoms with Crippen molar-refractivity contribution >= 4 is 11.7 Å². The predicted octanol–water partition coefficient (Wildman–Crippen LogP) is 3.06. The van der Waals surface area contributed by atoms with Crippen molar-refractivity contribution < 1.29 is 10.2 Å². The summed E-state index contributed by atoms with van der Waals surface area (Å²) in [7, 11) is 0. The molecule has 2 aromatic carbocycles. The maximum absolute atomic E-state index is 9.54. The van der Waals surface area contributed by atoms with Crippen LogP contribution in [-0.4, -0.2) is 26.0 Å². The number of aromatic nitrogens is 2. The Hall–Kier alpha value is -3.87. The largest absolute Gasteiger partial charge is 0.508 e. The topological polar surface area (TPSA) is 128 Å². The fourth-order valence-electron chi connectivity index (χ4n) is 2.46. The lowest BCUT2D eigenvalue weighted by molar-refractivity contribution is 0.475. The van der Waals surface area contributed by atoms with Crippen LogP contribution in [0, 0.1) is 5.41 Å². The Labute approximate surface area is 150 Å². The summed E-state index contributed by atoms with van der Waals surface area (Å²) in [5, 5.41) is 29.7. The van der Waals surface area contributed by atoms with E-state index < -0.39 is 0 Å². The quantitative estimate of drug-likeness (QED) is 0.356. The number of nitrogens with zero attached hydrogens (tertiary/aromatic N) is 2. The van der Waals surface area contributed by atoms with Crippen LogP contribution >= 0.6 is 0 Å². The normalized spacial score (nSPS) is 10.3. The van der Waals surface area contributed by atoms with Crippen molar-refractivity contribution in [3.8, 4) is 34.0 Å². The fraction of sp³-hybridized carbons (Fsp3) is 0. The average molecular weight is 347 g/mol. The van der Waals surface area contributed by atoms with Crippen molar-refractivity contribution in [1.82, 2.24) is 9.97 Å². The zero-order valence-corrected chi connectivity index (χ0v) is 13.8. The number of nitrogens with one attached hydrogen (secondary N) is 2. The second-order valence-corrected chi connectivity index (χ2v) is 5.47. The Morgan fingerprint density at radius 3 is 1.81 bits per heavy atom. The first kappa shape index (κ1) is 17.0. The molecule has 0 amide bonds.